The van der Waals surface area contributed by atoms with Crippen molar-refractivity contribution in [3.63, 3.8) is 0 Å². The number of hydrogen-bond acceptors (Lipinski definition) is 3. The molecule has 0 bridgehead atoms. The molecule has 4 nitrogen and oxygen atoms in total. The topological polar surface area (TPSA) is 62.1 Å². The maximum Gasteiger partial charge on any atom is 0.245 e. The van der Waals surface area contributed by atoms with Crippen molar-refractivity contribution in [2.75, 3.05) is 18.5 Å². The monoisotopic (exact) mass is 284 g/mol. The molecule has 1 heterocycles. The van der Waals surface area contributed by atoms with Gasteiger partial charge >= 0.3 is 0 Å². The summed E-state index contributed by atoms with van der Waals surface area (Å²) < 4.78 is 44.8. The second-order valence-corrected chi connectivity index (χ2v) is 4.50. The van der Waals surface area contributed by atoms with Gasteiger partial charge in [0.2, 0.25) is 5.91 Å². The Bertz CT molecular complexity index is 554. The van der Waals surface area contributed by atoms with Gasteiger partial charge in [-0.05, 0) is 12.8 Å². The lowest BCUT2D eigenvalue weighted by atomic mass is 9.81. The van der Waals surface area contributed by atoms with Gasteiger partial charge in [-0.3, -0.25) is 4.79 Å². The number of benzene rings is 1. The summed E-state index contributed by atoms with van der Waals surface area (Å²) in [7, 11) is 0. The fourth-order valence-electron chi connectivity index (χ4n) is 2.00. The van der Waals surface area contributed by atoms with Crippen LogP contribution in [0.3, 0.4) is 0 Å². The number of nitrogens with one attached hydrogen (secondary N) is 1. The number of nitriles is 1. The number of carbonyl (C=O) groups excluding carboxylic acids is 1. The summed E-state index contributed by atoms with van der Waals surface area (Å²) >= 11 is 0. The molecule has 106 valence electrons. The fraction of sp³-hybridized carbons (Fsp3) is 0.385. The number of ether oxygens (including phenoxy) is 1. The average molecular weight is 284 g/mol. The van der Waals surface area contributed by atoms with E-state index < -0.39 is 34.5 Å². The summed E-state index contributed by atoms with van der Waals surface area (Å²) in [6, 6.07) is 2.80. The molecule has 0 unspecified atom stereocenters. The number of carbonyl (C=O) groups is 1. The molecular formula is C13H11F3N2O2. The minimum absolute atomic E-state index is 0.139. The molecule has 0 aromatic heterocycles. The van der Waals surface area contributed by atoms with Crippen molar-refractivity contribution >= 4 is 11.6 Å². The molecule has 1 N–H and O–H groups in total. The quantitative estimate of drug-likeness (QED) is 0.906. The molecule has 1 saturated heterocycles. The van der Waals surface area contributed by atoms with E-state index in [0.29, 0.717) is 12.1 Å². The van der Waals surface area contributed by atoms with Crippen LogP contribution in [0, 0.1) is 34.2 Å². The molecule has 1 aromatic rings. The van der Waals surface area contributed by atoms with Crippen LogP contribution in [-0.2, 0) is 9.53 Å². The molecule has 7 heteroatoms. The molecule has 1 aliphatic heterocycles. The molecule has 20 heavy (non-hydrogen) atoms. The van der Waals surface area contributed by atoms with E-state index in [9.17, 15) is 18.0 Å². The number of anilines is 1. The van der Waals surface area contributed by atoms with Crippen molar-refractivity contribution in [1.29, 1.82) is 5.26 Å². The van der Waals surface area contributed by atoms with Crippen LogP contribution in [0.25, 0.3) is 0 Å². The third-order valence-corrected chi connectivity index (χ3v) is 3.24. The van der Waals surface area contributed by atoms with E-state index >= 15 is 0 Å². The minimum atomic E-state index is -1.38. The van der Waals surface area contributed by atoms with E-state index in [4.69, 9.17) is 10.00 Å². The Balaban J connectivity index is 2.26. The second-order valence-electron chi connectivity index (χ2n) is 4.50. The Morgan fingerprint density at radius 1 is 1.25 bits per heavy atom. The number of nitrogens with zero attached hydrogens (tertiary/aromatic N) is 1. The number of halogens is 3. The largest absolute Gasteiger partial charge is 0.381 e. The van der Waals surface area contributed by atoms with E-state index in [2.05, 4.69) is 0 Å². The molecule has 1 aromatic carbocycles. The highest BCUT2D eigenvalue weighted by molar-refractivity contribution is 5.97. The van der Waals surface area contributed by atoms with Crippen LogP contribution in [0.5, 0.6) is 0 Å². The highest BCUT2D eigenvalue weighted by atomic mass is 19.1. The predicted molar refractivity (Wildman–Crippen MR) is 63.0 cm³/mol. The number of rotatable bonds is 2. The molecular weight excluding hydrogens is 273 g/mol. The zero-order valence-corrected chi connectivity index (χ0v) is 10.4. The van der Waals surface area contributed by atoms with E-state index in [1.807, 2.05) is 11.4 Å². The molecule has 0 saturated carbocycles. The second kappa shape index (κ2) is 5.51. The van der Waals surface area contributed by atoms with Crippen molar-refractivity contribution in [1.82, 2.24) is 0 Å². The van der Waals surface area contributed by atoms with Crippen LogP contribution < -0.4 is 5.32 Å². The summed E-state index contributed by atoms with van der Waals surface area (Å²) in [5.74, 6) is -4.35. The predicted octanol–water partition coefficient (Wildman–Crippen LogP) is 2.36. The zero-order chi connectivity index (χ0) is 14.8. The Morgan fingerprint density at radius 3 is 2.30 bits per heavy atom. The Morgan fingerprint density at radius 2 is 1.80 bits per heavy atom. The molecule has 1 amide bonds. The van der Waals surface area contributed by atoms with Gasteiger partial charge in [0.05, 0.1) is 6.07 Å². The van der Waals surface area contributed by atoms with Gasteiger partial charge in [-0.25, -0.2) is 13.2 Å². The van der Waals surface area contributed by atoms with Gasteiger partial charge in [0.25, 0.3) is 0 Å². The van der Waals surface area contributed by atoms with Gasteiger partial charge in [-0.2, -0.15) is 5.26 Å². The molecule has 1 fully saturated rings. The van der Waals surface area contributed by atoms with Crippen LogP contribution in [0.15, 0.2) is 12.1 Å². The smallest absolute Gasteiger partial charge is 0.245 e. The van der Waals surface area contributed by atoms with Crippen molar-refractivity contribution in [3.05, 3.63) is 29.6 Å². The van der Waals surface area contributed by atoms with E-state index in [-0.39, 0.29) is 26.1 Å². The van der Waals surface area contributed by atoms with Crippen LogP contribution in [0.2, 0.25) is 0 Å². The van der Waals surface area contributed by atoms with Gasteiger partial charge in [0, 0.05) is 25.3 Å². The van der Waals surface area contributed by atoms with Gasteiger partial charge in [-0.15, -0.1) is 0 Å². The van der Waals surface area contributed by atoms with E-state index in [1.165, 1.54) is 0 Å². The number of hydrogen-bond donors (Lipinski definition) is 1. The van der Waals surface area contributed by atoms with Gasteiger partial charge in [0.1, 0.15) is 16.9 Å². The summed E-state index contributed by atoms with van der Waals surface area (Å²) in [6.07, 6.45) is 0.277. The van der Waals surface area contributed by atoms with Gasteiger partial charge < -0.3 is 10.1 Å². The normalized spacial score (nSPS) is 17.3. The summed E-state index contributed by atoms with van der Waals surface area (Å²) in [5.41, 5.74) is -2.14. The molecule has 0 atom stereocenters. The third-order valence-electron chi connectivity index (χ3n) is 3.24. The molecule has 0 spiro atoms. The fourth-order valence-corrected chi connectivity index (χ4v) is 2.00. The molecule has 0 aliphatic carbocycles. The Labute approximate surface area is 113 Å². The van der Waals surface area contributed by atoms with Crippen LogP contribution in [0.4, 0.5) is 18.9 Å². The lowest BCUT2D eigenvalue weighted by Gasteiger charge is -2.29. The van der Waals surface area contributed by atoms with Crippen molar-refractivity contribution in [3.8, 4) is 6.07 Å². The summed E-state index contributed by atoms with van der Waals surface area (Å²) in [4.78, 5) is 12.1. The van der Waals surface area contributed by atoms with Crippen LogP contribution in [-0.4, -0.2) is 19.1 Å². The SMILES string of the molecule is N#CC1(C(=O)Nc2c(F)cc(F)cc2F)CCOCC1. The first-order valence-electron chi connectivity index (χ1n) is 5.93. The third kappa shape index (κ3) is 2.60. The summed E-state index contributed by atoms with van der Waals surface area (Å²) in [6.45, 7) is 0.435. The Kier molecular flexibility index (Phi) is 3.95. The van der Waals surface area contributed by atoms with Crippen LogP contribution >= 0.6 is 0 Å². The number of amides is 1. The standard InChI is InChI=1S/C13H11F3N2O2/c14-8-5-9(15)11(10(16)6-8)18-12(19)13(7-17)1-3-20-4-2-13/h5-6H,1-4H2,(H,18,19). The highest BCUT2D eigenvalue weighted by Crippen LogP contribution is 2.32. The van der Waals surface area contributed by atoms with Crippen molar-refractivity contribution in [2.45, 2.75) is 12.8 Å². The average Bonchev–Trinajstić information content (AvgIpc) is 2.43. The maximum atomic E-state index is 13.5. The van der Waals surface area contributed by atoms with Crippen molar-refractivity contribution < 1.29 is 22.7 Å². The first kappa shape index (κ1) is 14.3. The lowest BCUT2D eigenvalue weighted by Crippen LogP contribution is -2.40. The van der Waals surface area contributed by atoms with Crippen LogP contribution in [0.1, 0.15) is 12.8 Å². The highest BCUT2D eigenvalue weighted by Gasteiger charge is 2.41. The summed E-state index contributed by atoms with van der Waals surface area (Å²) in [5, 5.41) is 11.2. The minimum Gasteiger partial charge on any atom is -0.381 e. The van der Waals surface area contributed by atoms with Gasteiger partial charge in [-0.1, -0.05) is 0 Å². The lowest BCUT2D eigenvalue weighted by molar-refractivity contribution is -0.126. The molecule has 2 rings (SSSR count). The molecule has 0 radical (unpaired) electrons. The molecule has 1 aliphatic rings. The maximum absolute atomic E-state index is 13.5. The zero-order valence-electron chi connectivity index (χ0n) is 10.4. The van der Waals surface area contributed by atoms with Crippen molar-refractivity contribution in [2.24, 2.45) is 5.41 Å². The van der Waals surface area contributed by atoms with Gasteiger partial charge in [0.15, 0.2) is 11.6 Å². The van der Waals surface area contributed by atoms with E-state index in [0.717, 1.165) is 0 Å². The Hall–Kier alpha value is -2.07. The van der Waals surface area contributed by atoms with E-state index in [1.54, 1.807) is 0 Å². The first-order chi connectivity index (χ1) is 9.48. The first-order valence-corrected chi connectivity index (χ1v) is 5.93.